The van der Waals surface area contributed by atoms with E-state index in [1.54, 1.807) is 0 Å². The van der Waals surface area contributed by atoms with Crippen LogP contribution in [0.5, 0.6) is 0 Å². The number of nitrogens with one attached hydrogen (secondary N) is 1. The van der Waals surface area contributed by atoms with E-state index in [0.717, 1.165) is 21.7 Å². The zero-order valence-corrected chi connectivity index (χ0v) is 16.7. The highest BCUT2D eigenvalue weighted by Crippen LogP contribution is 2.38. The zero-order valence-electron chi connectivity index (χ0n) is 16.7. The number of amides is 4. The summed E-state index contributed by atoms with van der Waals surface area (Å²) in [6.45, 7) is 2.27. The largest absolute Gasteiger partial charge is 0.417 e. The summed E-state index contributed by atoms with van der Waals surface area (Å²) in [6, 6.07) is 3.12. The Morgan fingerprint density at radius 1 is 1.31 bits per heavy atom. The van der Waals surface area contributed by atoms with Crippen LogP contribution in [-0.4, -0.2) is 48.5 Å². The van der Waals surface area contributed by atoms with Gasteiger partial charge >= 0.3 is 12.2 Å². The van der Waals surface area contributed by atoms with Crippen LogP contribution in [0.15, 0.2) is 24.4 Å². The zero-order chi connectivity index (χ0) is 23.8. The molecule has 32 heavy (non-hydrogen) atoms. The fraction of sp³-hybridized carbons (Fsp3) is 0.333. The molecule has 0 atom stereocenters. The summed E-state index contributed by atoms with van der Waals surface area (Å²) < 4.78 is 41.0. The topological polar surface area (TPSA) is 144 Å². The predicted molar refractivity (Wildman–Crippen MR) is 98.6 cm³/mol. The maximum Gasteiger partial charge on any atom is 0.417 e. The maximum atomic E-state index is 13.3. The molecule has 1 aromatic carbocycles. The molecule has 0 aliphatic carbocycles. The van der Waals surface area contributed by atoms with E-state index in [2.05, 4.69) is 10.3 Å². The monoisotopic (exact) mass is 451 g/mol. The van der Waals surface area contributed by atoms with Crippen LogP contribution < -0.4 is 10.4 Å². The average Bonchev–Trinajstić information content (AvgIpc) is 3.23. The minimum Gasteiger partial charge on any atom is -0.304 e. The van der Waals surface area contributed by atoms with Gasteiger partial charge in [0.25, 0.3) is 11.8 Å². The molecule has 1 aliphatic heterocycles. The first-order valence-corrected chi connectivity index (χ1v) is 8.99. The van der Waals surface area contributed by atoms with Gasteiger partial charge in [0.1, 0.15) is 17.8 Å². The van der Waals surface area contributed by atoms with Crippen LogP contribution in [0.2, 0.25) is 0 Å². The summed E-state index contributed by atoms with van der Waals surface area (Å²) in [6.07, 6.45) is -3.54. The Morgan fingerprint density at radius 3 is 2.59 bits per heavy atom. The number of rotatable bonds is 5. The molecule has 0 saturated carbocycles. The number of carbonyl (C=O) groups excluding carboxylic acids is 3. The summed E-state index contributed by atoms with van der Waals surface area (Å²) in [5, 5.41) is 25.0. The minimum atomic E-state index is -4.86. The quantitative estimate of drug-likeness (QED) is 0.397. The van der Waals surface area contributed by atoms with Gasteiger partial charge in [0.2, 0.25) is 0 Å². The molecule has 11 nitrogen and oxygen atoms in total. The molecule has 2 N–H and O–H groups in total. The van der Waals surface area contributed by atoms with Crippen molar-refractivity contribution in [3.8, 4) is 6.07 Å². The molecule has 14 heteroatoms. The first kappa shape index (κ1) is 22.7. The van der Waals surface area contributed by atoms with Crippen molar-refractivity contribution in [2.75, 3.05) is 4.90 Å². The van der Waals surface area contributed by atoms with E-state index in [0.29, 0.717) is 11.0 Å². The molecule has 1 aliphatic rings. The number of halogens is 3. The Morgan fingerprint density at radius 2 is 2.00 bits per heavy atom. The van der Waals surface area contributed by atoms with Gasteiger partial charge in [-0.3, -0.25) is 14.8 Å². The molecular weight excluding hydrogens is 435 g/mol. The first-order valence-electron chi connectivity index (χ1n) is 8.99. The van der Waals surface area contributed by atoms with Crippen molar-refractivity contribution < 1.29 is 32.8 Å². The molecule has 1 saturated heterocycles. The lowest BCUT2D eigenvalue weighted by molar-refractivity contribution is -0.137. The highest BCUT2D eigenvalue weighted by atomic mass is 19.4. The van der Waals surface area contributed by atoms with Crippen molar-refractivity contribution >= 4 is 23.5 Å². The Bertz CT molecular complexity index is 1140. The lowest BCUT2D eigenvalue weighted by atomic mass is 10.0. The number of nitrogens with zero attached hydrogens (tertiary/aromatic N) is 6. The molecule has 0 bridgehead atoms. The van der Waals surface area contributed by atoms with Gasteiger partial charge in [-0.15, -0.1) is 5.10 Å². The number of benzene rings is 1. The SMILES string of the molecule is CC1(C)C(=O)N(c2ccc(C#N)c(C(F)(F)F)c2)C(=O)N1Cc1cn(CC(=O)NO)nn1. The van der Waals surface area contributed by atoms with E-state index in [4.69, 9.17) is 10.5 Å². The number of aromatic nitrogens is 3. The van der Waals surface area contributed by atoms with Crippen LogP contribution in [0, 0.1) is 11.3 Å². The van der Waals surface area contributed by atoms with Gasteiger partial charge in [0, 0.05) is 0 Å². The van der Waals surface area contributed by atoms with Gasteiger partial charge in [0.15, 0.2) is 0 Å². The molecule has 0 radical (unpaired) electrons. The normalized spacial score (nSPS) is 15.8. The number of hydroxylamine groups is 1. The third kappa shape index (κ3) is 3.97. The fourth-order valence-electron chi connectivity index (χ4n) is 3.16. The Hall–Kier alpha value is -3.99. The second kappa shape index (κ2) is 7.93. The third-order valence-corrected chi connectivity index (χ3v) is 4.85. The van der Waals surface area contributed by atoms with Gasteiger partial charge in [0.05, 0.1) is 35.6 Å². The summed E-state index contributed by atoms with van der Waals surface area (Å²) in [5.41, 5.74) is -2.04. The van der Waals surface area contributed by atoms with E-state index in [-0.39, 0.29) is 24.5 Å². The van der Waals surface area contributed by atoms with E-state index in [9.17, 15) is 27.6 Å². The summed E-state index contributed by atoms with van der Waals surface area (Å²) in [7, 11) is 0. The molecule has 1 aromatic heterocycles. The molecule has 1 fully saturated rings. The third-order valence-electron chi connectivity index (χ3n) is 4.85. The number of hydrogen-bond acceptors (Lipinski definition) is 7. The lowest BCUT2D eigenvalue weighted by Gasteiger charge is -2.26. The Balaban J connectivity index is 1.92. The molecule has 2 aromatic rings. The number of urea groups is 1. The number of nitriles is 1. The van der Waals surface area contributed by atoms with Crippen LogP contribution in [0.25, 0.3) is 0 Å². The van der Waals surface area contributed by atoms with Gasteiger partial charge < -0.3 is 4.90 Å². The Kier molecular flexibility index (Phi) is 5.62. The Labute approximate surface area is 178 Å². The van der Waals surface area contributed by atoms with Crippen molar-refractivity contribution in [1.29, 1.82) is 5.26 Å². The van der Waals surface area contributed by atoms with Gasteiger partial charge in [-0.05, 0) is 32.0 Å². The van der Waals surface area contributed by atoms with Gasteiger partial charge in [-0.1, -0.05) is 5.21 Å². The number of imide groups is 1. The highest BCUT2D eigenvalue weighted by Gasteiger charge is 2.52. The smallest absolute Gasteiger partial charge is 0.304 e. The standard InChI is InChI=1S/C18H16F3N7O4/c1-17(2)15(30)28(12-4-3-10(6-22)13(5-12)18(19,20)21)16(31)27(17)8-11-7-26(25-23-11)9-14(29)24-32/h3-5,7,32H,8-9H2,1-2H3,(H,24,29). The molecule has 0 unspecified atom stereocenters. The van der Waals surface area contributed by atoms with Crippen LogP contribution in [-0.2, 0) is 28.9 Å². The predicted octanol–water partition coefficient (Wildman–Crippen LogP) is 1.42. The average molecular weight is 451 g/mol. The molecule has 2 heterocycles. The van der Waals surface area contributed by atoms with E-state index >= 15 is 0 Å². The second-order valence-corrected chi connectivity index (χ2v) is 7.35. The number of alkyl halides is 3. The van der Waals surface area contributed by atoms with Crippen molar-refractivity contribution in [2.24, 2.45) is 0 Å². The number of carbonyl (C=O) groups is 3. The summed E-state index contributed by atoms with van der Waals surface area (Å²) >= 11 is 0. The van der Waals surface area contributed by atoms with Gasteiger partial charge in [-0.2, -0.15) is 18.4 Å². The number of anilines is 1. The van der Waals surface area contributed by atoms with E-state index in [1.807, 2.05) is 0 Å². The highest BCUT2D eigenvalue weighted by molar-refractivity contribution is 6.23. The van der Waals surface area contributed by atoms with E-state index < -0.39 is 40.7 Å². The maximum absolute atomic E-state index is 13.3. The molecule has 4 amide bonds. The van der Waals surface area contributed by atoms with Crippen LogP contribution in [0.3, 0.4) is 0 Å². The number of hydrogen-bond donors (Lipinski definition) is 2. The van der Waals surface area contributed by atoms with Crippen LogP contribution in [0.4, 0.5) is 23.7 Å². The summed E-state index contributed by atoms with van der Waals surface area (Å²) in [5.74, 6) is -1.53. The molecular formula is C18H16F3N7O4. The van der Waals surface area contributed by atoms with Crippen molar-refractivity contribution in [3.63, 3.8) is 0 Å². The fourth-order valence-corrected chi connectivity index (χ4v) is 3.16. The molecule has 0 spiro atoms. The van der Waals surface area contributed by atoms with E-state index in [1.165, 1.54) is 31.6 Å². The second-order valence-electron chi connectivity index (χ2n) is 7.35. The van der Waals surface area contributed by atoms with Crippen molar-refractivity contribution in [2.45, 2.75) is 38.7 Å². The first-order chi connectivity index (χ1) is 14.9. The van der Waals surface area contributed by atoms with Gasteiger partial charge in [-0.25, -0.2) is 19.9 Å². The molecule has 3 rings (SSSR count). The van der Waals surface area contributed by atoms with Crippen LogP contribution >= 0.6 is 0 Å². The van der Waals surface area contributed by atoms with Crippen molar-refractivity contribution in [3.05, 3.63) is 41.2 Å². The summed E-state index contributed by atoms with van der Waals surface area (Å²) in [4.78, 5) is 38.9. The molecule has 168 valence electrons. The van der Waals surface area contributed by atoms with Crippen molar-refractivity contribution in [1.82, 2.24) is 25.4 Å². The van der Waals surface area contributed by atoms with Crippen LogP contribution in [0.1, 0.15) is 30.7 Å². The minimum absolute atomic E-state index is 0.197. The lowest BCUT2D eigenvalue weighted by Crippen LogP contribution is -2.43.